The molecule has 0 fully saturated rings. The van der Waals surface area contributed by atoms with Crippen LogP contribution in [0.2, 0.25) is 5.02 Å². The number of hydrogen-bond donors (Lipinski definition) is 2. The normalized spacial score (nSPS) is 10.3. The van der Waals surface area contributed by atoms with E-state index in [1.807, 2.05) is 25.1 Å². The van der Waals surface area contributed by atoms with Crippen molar-refractivity contribution in [3.63, 3.8) is 0 Å². The molecule has 0 spiro atoms. The highest BCUT2D eigenvalue weighted by molar-refractivity contribution is 6.31. The first kappa shape index (κ1) is 13.4. The quantitative estimate of drug-likeness (QED) is 0.652. The van der Waals surface area contributed by atoms with Crippen molar-refractivity contribution < 1.29 is 4.79 Å². The van der Waals surface area contributed by atoms with Gasteiger partial charge in [0.1, 0.15) is 0 Å². The SMILES string of the molecule is CC(=O)c1ccc(Nc2cccc(Cl)c2C)c(N)c1. The number of nitrogen functional groups attached to an aromatic ring is 1. The van der Waals surface area contributed by atoms with Crippen LogP contribution in [-0.4, -0.2) is 5.78 Å². The predicted octanol–water partition coefficient (Wildman–Crippen LogP) is 4.18. The van der Waals surface area contributed by atoms with Crippen LogP contribution in [0.4, 0.5) is 17.1 Å². The van der Waals surface area contributed by atoms with E-state index in [4.69, 9.17) is 17.3 Å². The highest BCUT2D eigenvalue weighted by Crippen LogP contribution is 2.29. The van der Waals surface area contributed by atoms with Crippen LogP contribution in [-0.2, 0) is 0 Å². The van der Waals surface area contributed by atoms with Gasteiger partial charge in [-0.05, 0) is 49.7 Å². The summed E-state index contributed by atoms with van der Waals surface area (Å²) in [6.07, 6.45) is 0. The van der Waals surface area contributed by atoms with Crippen molar-refractivity contribution in [3.8, 4) is 0 Å². The molecule has 0 amide bonds. The smallest absolute Gasteiger partial charge is 0.159 e. The lowest BCUT2D eigenvalue weighted by atomic mass is 10.1. The fraction of sp³-hybridized carbons (Fsp3) is 0.133. The minimum atomic E-state index is -0.00261. The van der Waals surface area contributed by atoms with Crippen molar-refractivity contribution in [2.45, 2.75) is 13.8 Å². The molecule has 0 aliphatic heterocycles. The van der Waals surface area contributed by atoms with Crippen LogP contribution in [0.5, 0.6) is 0 Å². The first-order valence-corrected chi connectivity index (χ1v) is 6.29. The van der Waals surface area contributed by atoms with Crippen LogP contribution in [0.1, 0.15) is 22.8 Å². The molecule has 2 aromatic rings. The van der Waals surface area contributed by atoms with Gasteiger partial charge in [-0.3, -0.25) is 4.79 Å². The molecule has 0 aliphatic rings. The molecule has 2 aromatic carbocycles. The lowest BCUT2D eigenvalue weighted by Crippen LogP contribution is -2.00. The van der Waals surface area contributed by atoms with E-state index in [1.165, 1.54) is 6.92 Å². The number of ketones is 1. The van der Waals surface area contributed by atoms with Crippen LogP contribution in [0.3, 0.4) is 0 Å². The topological polar surface area (TPSA) is 55.1 Å². The monoisotopic (exact) mass is 274 g/mol. The Morgan fingerprint density at radius 3 is 2.58 bits per heavy atom. The summed E-state index contributed by atoms with van der Waals surface area (Å²) in [5.74, 6) is -0.00261. The molecule has 4 heteroatoms. The van der Waals surface area contributed by atoms with Crippen molar-refractivity contribution >= 4 is 34.4 Å². The predicted molar refractivity (Wildman–Crippen MR) is 80.3 cm³/mol. The first-order chi connectivity index (χ1) is 8.99. The summed E-state index contributed by atoms with van der Waals surface area (Å²) in [5, 5.41) is 3.92. The molecule has 0 heterocycles. The van der Waals surface area contributed by atoms with Crippen molar-refractivity contribution in [2.75, 3.05) is 11.1 Å². The molecule has 19 heavy (non-hydrogen) atoms. The maximum Gasteiger partial charge on any atom is 0.159 e. The zero-order chi connectivity index (χ0) is 14.0. The second-order valence-electron chi connectivity index (χ2n) is 4.40. The van der Waals surface area contributed by atoms with E-state index in [0.717, 1.165) is 16.9 Å². The number of Topliss-reactive ketones (excluding diaryl/α,β-unsaturated/α-hetero) is 1. The van der Waals surface area contributed by atoms with E-state index in [-0.39, 0.29) is 5.78 Å². The van der Waals surface area contributed by atoms with Gasteiger partial charge >= 0.3 is 0 Å². The van der Waals surface area contributed by atoms with Crippen LogP contribution >= 0.6 is 11.6 Å². The maximum atomic E-state index is 11.3. The molecule has 0 atom stereocenters. The van der Waals surface area contributed by atoms with Crippen molar-refractivity contribution in [2.24, 2.45) is 0 Å². The molecule has 0 aliphatic carbocycles. The van der Waals surface area contributed by atoms with Crippen LogP contribution in [0.15, 0.2) is 36.4 Å². The standard InChI is InChI=1S/C15H15ClN2O/c1-9-12(16)4-3-5-14(9)18-15-7-6-11(10(2)19)8-13(15)17/h3-8,18H,17H2,1-2H3. The molecular formula is C15H15ClN2O. The Morgan fingerprint density at radius 1 is 1.21 bits per heavy atom. The molecule has 0 radical (unpaired) electrons. The molecule has 0 aromatic heterocycles. The second-order valence-corrected chi connectivity index (χ2v) is 4.80. The number of halogens is 1. The van der Waals surface area contributed by atoms with E-state index in [9.17, 15) is 4.79 Å². The largest absolute Gasteiger partial charge is 0.397 e. The number of carbonyl (C=O) groups excluding carboxylic acids is 1. The van der Waals surface area contributed by atoms with Gasteiger partial charge in [-0.2, -0.15) is 0 Å². The molecule has 3 N–H and O–H groups in total. The first-order valence-electron chi connectivity index (χ1n) is 5.91. The van der Waals surface area contributed by atoms with Crippen LogP contribution in [0.25, 0.3) is 0 Å². The number of hydrogen-bond acceptors (Lipinski definition) is 3. The van der Waals surface area contributed by atoms with Crippen molar-refractivity contribution in [1.29, 1.82) is 0 Å². The van der Waals surface area contributed by atoms with E-state index < -0.39 is 0 Å². The Kier molecular flexibility index (Phi) is 3.76. The average molecular weight is 275 g/mol. The Labute approximate surface area is 117 Å². The van der Waals surface area contributed by atoms with Gasteiger partial charge < -0.3 is 11.1 Å². The van der Waals surface area contributed by atoms with E-state index >= 15 is 0 Å². The molecule has 3 nitrogen and oxygen atoms in total. The number of carbonyl (C=O) groups is 1. The Bertz CT molecular complexity index is 638. The van der Waals surface area contributed by atoms with Crippen LogP contribution < -0.4 is 11.1 Å². The summed E-state index contributed by atoms with van der Waals surface area (Å²) in [6.45, 7) is 3.45. The number of rotatable bonds is 3. The summed E-state index contributed by atoms with van der Waals surface area (Å²) >= 11 is 6.07. The maximum absolute atomic E-state index is 11.3. The van der Waals surface area contributed by atoms with Crippen molar-refractivity contribution in [3.05, 3.63) is 52.5 Å². The average Bonchev–Trinajstić information content (AvgIpc) is 2.37. The van der Waals surface area contributed by atoms with E-state index in [1.54, 1.807) is 18.2 Å². The number of anilines is 3. The minimum Gasteiger partial charge on any atom is -0.397 e. The summed E-state index contributed by atoms with van der Waals surface area (Å²) in [6, 6.07) is 10.9. The molecule has 0 unspecified atom stereocenters. The van der Waals surface area contributed by atoms with Gasteiger partial charge in [0, 0.05) is 16.3 Å². The third-order valence-corrected chi connectivity index (χ3v) is 3.40. The Balaban J connectivity index is 2.34. The highest BCUT2D eigenvalue weighted by Gasteiger charge is 2.07. The van der Waals surface area contributed by atoms with Gasteiger partial charge in [0.05, 0.1) is 11.4 Å². The summed E-state index contributed by atoms with van der Waals surface area (Å²) < 4.78 is 0. The highest BCUT2D eigenvalue weighted by atomic mass is 35.5. The van der Waals surface area contributed by atoms with Gasteiger partial charge in [0.2, 0.25) is 0 Å². The Hall–Kier alpha value is -2.00. The van der Waals surface area contributed by atoms with Crippen molar-refractivity contribution in [1.82, 2.24) is 0 Å². The zero-order valence-corrected chi connectivity index (χ0v) is 11.6. The number of benzene rings is 2. The van der Waals surface area contributed by atoms with Gasteiger partial charge in [-0.1, -0.05) is 17.7 Å². The lowest BCUT2D eigenvalue weighted by Gasteiger charge is -2.13. The lowest BCUT2D eigenvalue weighted by molar-refractivity contribution is 0.101. The van der Waals surface area contributed by atoms with Gasteiger partial charge in [-0.15, -0.1) is 0 Å². The molecule has 0 saturated heterocycles. The molecule has 98 valence electrons. The van der Waals surface area contributed by atoms with Gasteiger partial charge in [-0.25, -0.2) is 0 Å². The number of nitrogens with one attached hydrogen (secondary N) is 1. The minimum absolute atomic E-state index is 0.00261. The summed E-state index contributed by atoms with van der Waals surface area (Å²) in [4.78, 5) is 11.3. The molecule has 0 bridgehead atoms. The summed E-state index contributed by atoms with van der Waals surface area (Å²) in [7, 11) is 0. The molecule has 2 rings (SSSR count). The molecule has 0 saturated carbocycles. The van der Waals surface area contributed by atoms with Crippen LogP contribution in [0, 0.1) is 6.92 Å². The number of nitrogens with two attached hydrogens (primary N) is 1. The fourth-order valence-electron chi connectivity index (χ4n) is 1.78. The summed E-state index contributed by atoms with van der Waals surface area (Å²) in [5.41, 5.74) is 9.70. The third kappa shape index (κ3) is 2.88. The third-order valence-electron chi connectivity index (χ3n) is 3.00. The second kappa shape index (κ2) is 5.33. The van der Waals surface area contributed by atoms with E-state index in [0.29, 0.717) is 16.3 Å². The Morgan fingerprint density at radius 2 is 1.95 bits per heavy atom. The molecular weight excluding hydrogens is 260 g/mol. The van der Waals surface area contributed by atoms with Gasteiger partial charge in [0.25, 0.3) is 0 Å². The van der Waals surface area contributed by atoms with E-state index in [2.05, 4.69) is 5.32 Å². The zero-order valence-electron chi connectivity index (χ0n) is 10.8. The fourth-order valence-corrected chi connectivity index (χ4v) is 1.96. The van der Waals surface area contributed by atoms with Gasteiger partial charge in [0.15, 0.2) is 5.78 Å².